The summed E-state index contributed by atoms with van der Waals surface area (Å²) in [4.78, 5) is 35.1. The lowest BCUT2D eigenvalue weighted by molar-refractivity contribution is -0.128. The van der Waals surface area contributed by atoms with Gasteiger partial charge in [0.2, 0.25) is 11.9 Å². The van der Waals surface area contributed by atoms with E-state index < -0.39 is 11.5 Å². The second-order valence-electron chi connectivity index (χ2n) is 12.7. The quantitative estimate of drug-likeness (QED) is 0.328. The second-order valence-corrected chi connectivity index (χ2v) is 12.7. The Morgan fingerprint density at radius 2 is 1.98 bits per heavy atom. The SMILES string of the molecule is Cn1cc(-c2[nH]c3ncc4c5c3c2-c2ccc(cc2)CCO[C@@H]2CC(CC[C@]2(C)NC(=O)C2CC2)n5c(=O)n4C)c(F)n1. The van der Waals surface area contributed by atoms with Crippen LogP contribution in [-0.4, -0.2) is 53.0 Å². The van der Waals surface area contributed by atoms with Gasteiger partial charge in [-0.2, -0.15) is 4.39 Å². The highest BCUT2D eigenvalue weighted by atomic mass is 19.1. The number of pyridine rings is 1. The van der Waals surface area contributed by atoms with Crippen molar-refractivity contribution < 1.29 is 13.9 Å². The molecule has 6 heterocycles. The van der Waals surface area contributed by atoms with Gasteiger partial charge in [-0.15, -0.1) is 5.10 Å². The molecule has 4 aromatic heterocycles. The van der Waals surface area contributed by atoms with E-state index >= 15 is 4.39 Å². The lowest BCUT2D eigenvalue weighted by Gasteiger charge is -2.45. The average Bonchev–Trinajstić information content (AvgIpc) is 3.63. The Kier molecular flexibility index (Phi) is 5.75. The van der Waals surface area contributed by atoms with Crippen LogP contribution in [0.15, 0.2) is 41.5 Å². The molecule has 2 N–H and O–H groups in total. The Hall–Kier alpha value is -4.25. The number of imidazole rings is 1. The molecule has 2 saturated carbocycles. The third-order valence-corrected chi connectivity index (χ3v) is 9.79. The van der Waals surface area contributed by atoms with Gasteiger partial charge in [0.25, 0.3) is 0 Å². The van der Waals surface area contributed by atoms with E-state index in [2.05, 4.69) is 34.5 Å². The van der Waals surface area contributed by atoms with E-state index in [0.29, 0.717) is 54.7 Å². The Morgan fingerprint density at radius 1 is 1.19 bits per heavy atom. The van der Waals surface area contributed by atoms with Crippen LogP contribution in [0.3, 0.4) is 0 Å². The zero-order valence-corrected chi connectivity index (χ0v) is 24.5. The van der Waals surface area contributed by atoms with Crippen LogP contribution >= 0.6 is 0 Å². The normalized spacial score (nSPS) is 23.7. The summed E-state index contributed by atoms with van der Waals surface area (Å²) in [5.41, 5.74) is 5.06. The zero-order valence-electron chi connectivity index (χ0n) is 24.5. The van der Waals surface area contributed by atoms with Crippen molar-refractivity contribution in [3.05, 3.63) is 58.7 Å². The van der Waals surface area contributed by atoms with E-state index in [4.69, 9.17) is 9.72 Å². The predicted octanol–water partition coefficient (Wildman–Crippen LogP) is 4.37. The number of carbonyl (C=O) groups is 1. The molecule has 1 amide bonds. The summed E-state index contributed by atoms with van der Waals surface area (Å²) < 4.78 is 26.8. The summed E-state index contributed by atoms with van der Waals surface area (Å²) in [6.07, 6.45) is 7.62. The number of aryl methyl sites for hydroxylation is 2. The second kappa shape index (κ2) is 9.37. The summed E-state index contributed by atoms with van der Waals surface area (Å²) in [7, 11) is 3.46. The number of carbonyl (C=O) groups excluding carboxylic acids is 1. The predicted molar refractivity (Wildman–Crippen MR) is 160 cm³/mol. The molecule has 0 spiro atoms. The number of aromatic nitrogens is 6. The van der Waals surface area contributed by atoms with Crippen LogP contribution in [0.2, 0.25) is 0 Å². The number of hydrogen-bond donors (Lipinski definition) is 2. The van der Waals surface area contributed by atoms with Crippen LogP contribution in [0, 0.1) is 11.9 Å². The van der Waals surface area contributed by atoms with E-state index in [9.17, 15) is 9.59 Å². The van der Waals surface area contributed by atoms with Crippen molar-refractivity contribution >= 4 is 28.0 Å². The monoisotopic (exact) mass is 583 g/mol. The molecule has 3 atom stereocenters. The first-order chi connectivity index (χ1) is 20.7. The fourth-order valence-electron chi connectivity index (χ4n) is 7.21. The number of nitrogens with zero attached hydrogens (tertiary/aromatic N) is 5. The molecule has 5 aromatic rings. The lowest BCUT2D eigenvalue weighted by Crippen LogP contribution is -2.59. The van der Waals surface area contributed by atoms with Crippen molar-refractivity contribution in [2.24, 2.45) is 20.0 Å². The molecule has 11 heteroatoms. The van der Waals surface area contributed by atoms with Crippen molar-refractivity contribution in [3.8, 4) is 22.4 Å². The Bertz CT molecular complexity index is 1980. The van der Waals surface area contributed by atoms with Gasteiger partial charge >= 0.3 is 5.69 Å². The average molecular weight is 584 g/mol. The third kappa shape index (κ3) is 4.08. The van der Waals surface area contributed by atoms with E-state index in [1.54, 1.807) is 31.1 Å². The topological polar surface area (TPSA) is 112 Å². The minimum absolute atomic E-state index is 0.0962. The number of benzene rings is 1. The van der Waals surface area contributed by atoms with Gasteiger partial charge in [0.15, 0.2) is 0 Å². The van der Waals surface area contributed by atoms with Crippen LogP contribution in [-0.2, 0) is 30.0 Å². The van der Waals surface area contributed by atoms with E-state index in [1.807, 2.05) is 16.7 Å². The molecule has 2 aliphatic heterocycles. The molecule has 0 radical (unpaired) electrons. The molecule has 0 saturated heterocycles. The van der Waals surface area contributed by atoms with Gasteiger partial charge in [-0.3, -0.25) is 18.6 Å². The highest BCUT2D eigenvalue weighted by molar-refractivity contribution is 6.14. The van der Waals surface area contributed by atoms with E-state index in [1.165, 1.54) is 4.68 Å². The third-order valence-electron chi connectivity index (χ3n) is 9.79. The first-order valence-corrected chi connectivity index (χ1v) is 15.1. The van der Waals surface area contributed by atoms with E-state index in [0.717, 1.165) is 40.4 Å². The fraction of sp³-hybridized carbons (Fsp3) is 0.438. The van der Waals surface area contributed by atoms with Gasteiger partial charge in [-0.05, 0) is 56.6 Å². The minimum atomic E-state index is -0.581. The van der Waals surface area contributed by atoms with Crippen LogP contribution in [0.1, 0.15) is 50.6 Å². The summed E-state index contributed by atoms with van der Waals surface area (Å²) >= 11 is 0. The smallest absolute Gasteiger partial charge is 0.329 e. The molecule has 1 unspecified atom stereocenters. The van der Waals surface area contributed by atoms with Gasteiger partial charge in [0, 0.05) is 37.8 Å². The summed E-state index contributed by atoms with van der Waals surface area (Å²) in [6, 6.07) is 8.04. The van der Waals surface area contributed by atoms with Gasteiger partial charge in [0.1, 0.15) is 5.65 Å². The number of aromatic amines is 1. The number of rotatable bonds is 3. The summed E-state index contributed by atoms with van der Waals surface area (Å²) in [6.45, 7) is 2.57. The number of ether oxygens (including phenoxy) is 1. The molecule has 1 aromatic carbocycles. The van der Waals surface area contributed by atoms with Crippen LogP contribution < -0.4 is 11.0 Å². The lowest BCUT2D eigenvalue weighted by atomic mass is 9.77. The first kappa shape index (κ1) is 26.4. The molecule has 10 nitrogen and oxygen atoms in total. The Morgan fingerprint density at radius 3 is 2.70 bits per heavy atom. The number of halogens is 1. The molecular formula is C32H34FN7O3. The van der Waals surface area contributed by atoms with Gasteiger partial charge in [-0.25, -0.2) is 9.78 Å². The first-order valence-electron chi connectivity index (χ1n) is 15.1. The maximum absolute atomic E-state index is 15.2. The minimum Gasteiger partial charge on any atom is -0.375 e. The maximum Gasteiger partial charge on any atom is 0.329 e. The number of nitrogens with one attached hydrogen (secondary N) is 2. The number of amides is 1. The molecule has 222 valence electrons. The van der Waals surface area contributed by atoms with Crippen LogP contribution in [0.25, 0.3) is 44.5 Å². The Labute approximate surface area is 246 Å². The summed E-state index contributed by atoms with van der Waals surface area (Å²) in [5.74, 6) is -0.386. The molecule has 2 fully saturated rings. The molecule has 43 heavy (non-hydrogen) atoms. The molecule has 2 aliphatic carbocycles. The number of fused-ring (bicyclic) bond motifs is 4. The summed E-state index contributed by atoms with van der Waals surface area (Å²) in [5, 5.41) is 8.07. The fourth-order valence-corrected chi connectivity index (χ4v) is 7.21. The van der Waals surface area contributed by atoms with Crippen molar-refractivity contribution in [2.75, 3.05) is 6.61 Å². The zero-order chi connectivity index (χ0) is 29.6. The van der Waals surface area contributed by atoms with E-state index in [-0.39, 0.29) is 29.7 Å². The van der Waals surface area contributed by atoms with Crippen molar-refractivity contribution in [3.63, 3.8) is 0 Å². The van der Waals surface area contributed by atoms with Crippen molar-refractivity contribution in [1.82, 2.24) is 34.2 Å². The largest absolute Gasteiger partial charge is 0.375 e. The molecule has 4 bridgehead atoms. The highest BCUT2D eigenvalue weighted by Gasteiger charge is 2.45. The Balaban J connectivity index is 1.38. The van der Waals surface area contributed by atoms with Crippen LogP contribution in [0.5, 0.6) is 0 Å². The maximum atomic E-state index is 15.2. The van der Waals surface area contributed by atoms with Crippen molar-refractivity contribution in [1.29, 1.82) is 0 Å². The number of H-pyrrole nitrogens is 1. The van der Waals surface area contributed by atoms with Crippen molar-refractivity contribution in [2.45, 2.75) is 63.1 Å². The molecule has 9 rings (SSSR count). The molecule has 4 aliphatic rings. The number of hydrogen-bond acceptors (Lipinski definition) is 5. The standard InChI is InChI=1S/C32H34FN7O3/c1-32(36-30(41)19-8-9-19)12-10-20-14-23(32)43-13-11-17-4-6-18(7-5-17)24-25-27-22(39(3)31(42)40(20)27)15-34-29(25)35-26(24)21-16-38(2)37-28(21)33/h4-7,15-16,19-20,23H,8-14H2,1-3H3,(H,34,35)(H,36,41)/t20?,23-,32+/m1/s1. The van der Waals surface area contributed by atoms with Gasteiger partial charge in [-0.1, -0.05) is 24.3 Å². The van der Waals surface area contributed by atoms with Gasteiger partial charge in [0.05, 0.1) is 52.1 Å². The van der Waals surface area contributed by atoms with Crippen LogP contribution in [0.4, 0.5) is 4.39 Å². The molecular weight excluding hydrogens is 549 g/mol. The van der Waals surface area contributed by atoms with Gasteiger partial charge < -0.3 is 15.0 Å². The highest BCUT2D eigenvalue weighted by Crippen LogP contribution is 2.44.